The fraction of sp³-hybridized carbons (Fsp3) is 0.368. The highest BCUT2D eigenvalue weighted by Gasteiger charge is 2.24. The Kier molecular flexibility index (Phi) is 4.04. The first-order chi connectivity index (χ1) is 13.7. The van der Waals surface area contributed by atoms with Crippen molar-refractivity contribution in [2.75, 3.05) is 43.1 Å². The van der Waals surface area contributed by atoms with E-state index in [2.05, 4.69) is 38.0 Å². The largest absolute Gasteiger partial charge is 0.494 e. The normalized spacial score (nSPS) is 15.0. The molecule has 0 bridgehead atoms. The number of rotatable bonds is 3. The van der Waals surface area contributed by atoms with E-state index < -0.39 is 0 Å². The second-order valence-corrected chi connectivity index (χ2v) is 7.90. The van der Waals surface area contributed by atoms with Gasteiger partial charge in [-0.2, -0.15) is 0 Å². The summed E-state index contributed by atoms with van der Waals surface area (Å²) in [5, 5.41) is 9.53. The van der Waals surface area contributed by atoms with E-state index in [0.29, 0.717) is 0 Å². The molecule has 1 saturated heterocycles. The first kappa shape index (κ1) is 17.2. The quantitative estimate of drug-likeness (QED) is 0.528. The van der Waals surface area contributed by atoms with Crippen molar-refractivity contribution in [3.8, 4) is 5.75 Å². The van der Waals surface area contributed by atoms with Gasteiger partial charge in [-0.05, 0) is 25.5 Å². The Balaban J connectivity index is 1.40. The van der Waals surface area contributed by atoms with Crippen LogP contribution >= 0.6 is 11.3 Å². The van der Waals surface area contributed by atoms with Gasteiger partial charge in [0.2, 0.25) is 5.65 Å². The number of thiazole rings is 1. The first-order valence-corrected chi connectivity index (χ1v) is 10.1. The molecule has 144 valence electrons. The number of aromatic nitrogens is 5. The second kappa shape index (κ2) is 6.59. The van der Waals surface area contributed by atoms with Crippen LogP contribution in [0.15, 0.2) is 24.5 Å². The Morgan fingerprint density at radius 3 is 2.61 bits per heavy atom. The predicted octanol–water partition coefficient (Wildman–Crippen LogP) is 2.69. The molecule has 1 aromatic carbocycles. The van der Waals surface area contributed by atoms with Crippen LogP contribution in [0.4, 0.5) is 10.9 Å². The SMILES string of the molecule is COc1ccc(C)c2sc(N3CCN(c4nccn5c(C)nnc45)CC3)nc12. The van der Waals surface area contributed by atoms with E-state index in [1.54, 1.807) is 18.4 Å². The minimum atomic E-state index is 0.814. The summed E-state index contributed by atoms with van der Waals surface area (Å²) >= 11 is 1.74. The molecule has 0 atom stereocenters. The van der Waals surface area contributed by atoms with E-state index in [-0.39, 0.29) is 0 Å². The molecular formula is C19H21N7OS. The van der Waals surface area contributed by atoms with Crippen LogP contribution in [0.25, 0.3) is 15.9 Å². The number of piperazine rings is 1. The summed E-state index contributed by atoms with van der Waals surface area (Å²) in [6.07, 6.45) is 3.72. The molecule has 1 fully saturated rings. The van der Waals surface area contributed by atoms with Gasteiger partial charge in [0.15, 0.2) is 10.9 Å². The van der Waals surface area contributed by atoms with E-state index >= 15 is 0 Å². The highest BCUT2D eigenvalue weighted by molar-refractivity contribution is 7.22. The van der Waals surface area contributed by atoms with Crippen LogP contribution in [0, 0.1) is 13.8 Å². The zero-order valence-electron chi connectivity index (χ0n) is 16.1. The molecule has 0 amide bonds. The fourth-order valence-electron chi connectivity index (χ4n) is 3.66. The Bertz CT molecular complexity index is 1160. The van der Waals surface area contributed by atoms with Crippen LogP contribution in [-0.4, -0.2) is 57.9 Å². The molecule has 4 aromatic rings. The van der Waals surface area contributed by atoms with E-state index in [1.165, 1.54) is 10.3 Å². The highest BCUT2D eigenvalue weighted by atomic mass is 32.1. The van der Waals surface area contributed by atoms with Crippen LogP contribution < -0.4 is 14.5 Å². The third-order valence-corrected chi connectivity index (χ3v) is 6.49. The van der Waals surface area contributed by atoms with Crippen LogP contribution in [0.2, 0.25) is 0 Å². The molecule has 5 rings (SSSR count). The Morgan fingerprint density at radius 1 is 1.04 bits per heavy atom. The van der Waals surface area contributed by atoms with Gasteiger partial charge in [0.05, 0.1) is 11.8 Å². The number of aryl methyl sites for hydroxylation is 2. The van der Waals surface area contributed by atoms with Crippen LogP contribution in [0.1, 0.15) is 11.4 Å². The zero-order valence-corrected chi connectivity index (χ0v) is 16.9. The smallest absolute Gasteiger partial charge is 0.203 e. The fourth-order valence-corrected chi connectivity index (χ4v) is 4.76. The molecule has 3 aromatic heterocycles. The lowest BCUT2D eigenvalue weighted by Crippen LogP contribution is -2.47. The lowest BCUT2D eigenvalue weighted by atomic mass is 10.2. The number of ether oxygens (including phenoxy) is 1. The van der Waals surface area contributed by atoms with E-state index in [9.17, 15) is 0 Å². The van der Waals surface area contributed by atoms with Crippen molar-refractivity contribution in [1.29, 1.82) is 0 Å². The summed E-state index contributed by atoms with van der Waals surface area (Å²) in [7, 11) is 1.70. The van der Waals surface area contributed by atoms with Gasteiger partial charge >= 0.3 is 0 Å². The van der Waals surface area contributed by atoms with Gasteiger partial charge in [-0.1, -0.05) is 17.4 Å². The van der Waals surface area contributed by atoms with Crippen molar-refractivity contribution < 1.29 is 4.74 Å². The molecule has 1 aliphatic heterocycles. The lowest BCUT2D eigenvalue weighted by Gasteiger charge is -2.35. The van der Waals surface area contributed by atoms with Crippen LogP contribution in [0.3, 0.4) is 0 Å². The summed E-state index contributed by atoms with van der Waals surface area (Å²) in [4.78, 5) is 14.1. The van der Waals surface area contributed by atoms with E-state index in [1.807, 2.05) is 29.8 Å². The number of benzene rings is 1. The number of methoxy groups -OCH3 is 1. The van der Waals surface area contributed by atoms with Crippen LogP contribution in [-0.2, 0) is 0 Å². The average Bonchev–Trinajstić information content (AvgIpc) is 3.34. The maximum Gasteiger partial charge on any atom is 0.203 e. The molecule has 0 N–H and O–H groups in total. The molecule has 4 heterocycles. The van der Waals surface area contributed by atoms with Gasteiger partial charge in [-0.3, -0.25) is 4.40 Å². The maximum atomic E-state index is 5.49. The summed E-state index contributed by atoms with van der Waals surface area (Å²) < 4.78 is 8.67. The molecule has 1 aliphatic rings. The van der Waals surface area contributed by atoms with Crippen molar-refractivity contribution in [2.24, 2.45) is 0 Å². The Labute approximate surface area is 166 Å². The van der Waals surface area contributed by atoms with Crippen molar-refractivity contribution in [1.82, 2.24) is 24.6 Å². The van der Waals surface area contributed by atoms with Gasteiger partial charge in [0.1, 0.15) is 17.1 Å². The minimum absolute atomic E-state index is 0.814. The zero-order chi connectivity index (χ0) is 19.3. The molecule has 8 nitrogen and oxygen atoms in total. The third-order valence-electron chi connectivity index (χ3n) is 5.24. The van der Waals surface area contributed by atoms with E-state index in [0.717, 1.165) is 59.9 Å². The number of hydrogen-bond donors (Lipinski definition) is 0. The standard InChI is InChI=1S/C19H21N7OS/c1-12-4-5-14(27-3)15-16(12)28-19(21-15)25-10-8-24(9-11-25)17-18-23-22-13(2)26(18)7-6-20-17/h4-7H,8-11H2,1-3H3. The summed E-state index contributed by atoms with van der Waals surface area (Å²) in [6, 6.07) is 4.08. The van der Waals surface area contributed by atoms with Gasteiger partial charge in [0.25, 0.3) is 0 Å². The Morgan fingerprint density at radius 2 is 1.82 bits per heavy atom. The molecule has 0 unspecified atom stereocenters. The summed E-state index contributed by atoms with van der Waals surface area (Å²) in [5.41, 5.74) is 3.00. The number of fused-ring (bicyclic) bond motifs is 2. The number of nitrogens with zero attached hydrogens (tertiary/aromatic N) is 7. The van der Waals surface area contributed by atoms with Gasteiger partial charge < -0.3 is 14.5 Å². The molecule has 0 spiro atoms. The predicted molar refractivity (Wildman–Crippen MR) is 111 cm³/mol. The molecule has 28 heavy (non-hydrogen) atoms. The highest BCUT2D eigenvalue weighted by Crippen LogP contribution is 2.36. The molecule has 0 saturated carbocycles. The summed E-state index contributed by atoms with van der Waals surface area (Å²) in [6.45, 7) is 7.57. The van der Waals surface area contributed by atoms with E-state index in [4.69, 9.17) is 9.72 Å². The molecular weight excluding hydrogens is 374 g/mol. The van der Waals surface area contributed by atoms with Crippen molar-refractivity contribution in [2.45, 2.75) is 13.8 Å². The van der Waals surface area contributed by atoms with Crippen LogP contribution in [0.5, 0.6) is 5.75 Å². The monoisotopic (exact) mass is 395 g/mol. The second-order valence-electron chi connectivity index (χ2n) is 6.92. The molecule has 9 heteroatoms. The third kappa shape index (κ3) is 2.65. The topological polar surface area (TPSA) is 71.7 Å². The van der Waals surface area contributed by atoms with Crippen molar-refractivity contribution in [3.05, 3.63) is 35.9 Å². The molecule has 0 aliphatic carbocycles. The van der Waals surface area contributed by atoms with Gasteiger partial charge in [0, 0.05) is 38.6 Å². The van der Waals surface area contributed by atoms with Crippen molar-refractivity contribution >= 4 is 38.2 Å². The molecule has 0 radical (unpaired) electrons. The number of anilines is 2. The van der Waals surface area contributed by atoms with Gasteiger partial charge in [-0.25, -0.2) is 9.97 Å². The van der Waals surface area contributed by atoms with Gasteiger partial charge in [-0.15, -0.1) is 10.2 Å². The number of hydrogen-bond acceptors (Lipinski definition) is 8. The first-order valence-electron chi connectivity index (χ1n) is 9.26. The lowest BCUT2D eigenvalue weighted by molar-refractivity contribution is 0.419. The van der Waals surface area contributed by atoms with Crippen molar-refractivity contribution in [3.63, 3.8) is 0 Å². The summed E-state index contributed by atoms with van der Waals surface area (Å²) in [5.74, 6) is 2.60. The average molecular weight is 395 g/mol. The minimum Gasteiger partial charge on any atom is -0.494 e. The maximum absolute atomic E-state index is 5.49. The Hall–Kier alpha value is -2.94.